The maximum Gasteiger partial charge on any atom is 0.259 e. The van der Waals surface area contributed by atoms with Crippen LogP contribution in [0.15, 0.2) is 4.79 Å². The number of nitrogens with one attached hydrogen (secondary N) is 2. The molecule has 2 aliphatic rings. The van der Waals surface area contributed by atoms with Gasteiger partial charge in [-0.15, -0.1) is 11.3 Å². The van der Waals surface area contributed by atoms with Crippen LogP contribution in [0.25, 0.3) is 10.2 Å². The first-order valence-electron chi connectivity index (χ1n) is 8.83. The molecule has 2 aromatic rings. The Morgan fingerprint density at radius 2 is 2.16 bits per heavy atom. The third-order valence-corrected chi connectivity index (χ3v) is 8.23. The van der Waals surface area contributed by atoms with Crippen molar-refractivity contribution in [2.45, 2.75) is 51.6 Å². The summed E-state index contributed by atoms with van der Waals surface area (Å²) in [7, 11) is -2.93. The van der Waals surface area contributed by atoms with Gasteiger partial charge in [0.2, 0.25) is 0 Å². The number of aromatic nitrogens is 2. The zero-order valence-corrected chi connectivity index (χ0v) is 16.1. The number of H-pyrrole nitrogens is 1. The molecule has 4 rings (SSSR count). The molecule has 25 heavy (non-hydrogen) atoms. The van der Waals surface area contributed by atoms with E-state index in [4.69, 9.17) is 4.98 Å². The smallest absolute Gasteiger partial charge is 0.259 e. The molecular weight excluding hydrogens is 358 g/mol. The average molecular weight is 382 g/mol. The minimum absolute atomic E-state index is 0.0697. The van der Waals surface area contributed by atoms with Crippen molar-refractivity contribution in [3.63, 3.8) is 0 Å². The molecule has 1 saturated heterocycles. The van der Waals surface area contributed by atoms with Crippen LogP contribution in [0.5, 0.6) is 0 Å². The van der Waals surface area contributed by atoms with E-state index < -0.39 is 9.84 Å². The van der Waals surface area contributed by atoms with Crippen LogP contribution in [0.1, 0.15) is 49.0 Å². The van der Waals surface area contributed by atoms with Crippen molar-refractivity contribution in [2.24, 2.45) is 5.92 Å². The number of aryl methyl sites for hydroxylation is 1. The first-order valence-corrected chi connectivity index (χ1v) is 11.5. The minimum Gasteiger partial charge on any atom is -0.309 e. The fourth-order valence-electron chi connectivity index (χ4n) is 3.93. The number of aromatic amines is 1. The molecule has 1 aliphatic heterocycles. The molecule has 0 aromatic carbocycles. The lowest BCUT2D eigenvalue weighted by Gasteiger charge is -2.18. The molecule has 2 N–H and O–H groups in total. The second-order valence-corrected chi connectivity index (χ2v) is 10.8. The highest BCUT2D eigenvalue weighted by Crippen LogP contribution is 2.35. The lowest BCUT2D eigenvalue weighted by atomic mass is 9.89. The zero-order chi connectivity index (χ0) is 17.8. The van der Waals surface area contributed by atoms with E-state index in [2.05, 4.69) is 17.2 Å². The summed E-state index contributed by atoms with van der Waals surface area (Å²) in [6.07, 6.45) is 3.71. The summed E-state index contributed by atoms with van der Waals surface area (Å²) in [5, 5.41) is 4.06. The lowest BCUT2D eigenvalue weighted by Crippen LogP contribution is -2.34. The number of sulfone groups is 1. The van der Waals surface area contributed by atoms with Crippen LogP contribution in [-0.2, 0) is 22.7 Å². The van der Waals surface area contributed by atoms with Gasteiger partial charge in [-0.05, 0) is 44.1 Å². The maximum atomic E-state index is 12.6. The topological polar surface area (TPSA) is 91.9 Å². The number of hydrogen-bond donors (Lipinski definition) is 2. The Labute approximate surface area is 151 Å². The van der Waals surface area contributed by atoms with Gasteiger partial charge in [0.15, 0.2) is 9.84 Å². The molecule has 3 atom stereocenters. The molecule has 8 heteroatoms. The first-order chi connectivity index (χ1) is 11.8. The van der Waals surface area contributed by atoms with Gasteiger partial charge < -0.3 is 10.3 Å². The van der Waals surface area contributed by atoms with Gasteiger partial charge in [-0.2, -0.15) is 0 Å². The van der Waals surface area contributed by atoms with Crippen molar-refractivity contribution in [3.8, 4) is 0 Å². The molecule has 2 aromatic heterocycles. The van der Waals surface area contributed by atoms with Gasteiger partial charge in [-0.3, -0.25) is 4.79 Å². The van der Waals surface area contributed by atoms with Crippen molar-refractivity contribution >= 4 is 31.4 Å². The minimum atomic E-state index is -2.93. The van der Waals surface area contributed by atoms with Crippen molar-refractivity contribution in [3.05, 3.63) is 26.6 Å². The van der Waals surface area contributed by atoms with Crippen LogP contribution in [0, 0.1) is 5.92 Å². The molecule has 1 aliphatic carbocycles. The number of nitrogens with zero attached hydrogens (tertiary/aromatic N) is 1. The SMILES string of the molecule is C[C@@H]1CCc2c(sc3nc([C@@H](C)N[C@@H]4CCS(=O)(=O)C4)[nH]c(=O)c23)C1. The summed E-state index contributed by atoms with van der Waals surface area (Å²) in [6, 6.07) is -0.258. The van der Waals surface area contributed by atoms with Crippen LogP contribution >= 0.6 is 11.3 Å². The van der Waals surface area contributed by atoms with Gasteiger partial charge in [-0.1, -0.05) is 6.92 Å². The van der Waals surface area contributed by atoms with E-state index in [9.17, 15) is 13.2 Å². The first kappa shape index (κ1) is 17.2. The molecule has 1 fully saturated rings. The van der Waals surface area contributed by atoms with Gasteiger partial charge in [-0.25, -0.2) is 13.4 Å². The quantitative estimate of drug-likeness (QED) is 0.848. The van der Waals surface area contributed by atoms with Gasteiger partial charge in [0.05, 0.1) is 22.9 Å². The highest BCUT2D eigenvalue weighted by Gasteiger charge is 2.30. The maximum absolute atomic E-state index is 12.6. The molecule has 0 bridgehead atoms. The van der Waals surface area contributed by atoms with Crippen LogP contribution in [0.2, 0.25) is 0 Å². The predicted molar refractivity (Wildman–Crippen MR) is 100 cm³/mol. The van der Waals surface area contributed by atoms with Crippen molar-refractivity contribution in [1.29, 1.82) is 0 Å². The Morgan fingerprint density at radius 3 is 2.88 bits per heavy atom. The second-order valence-electron chi connectivity index (χ2n) is 7.47. The van der Waals surface area contributed by atoms with E-state index in [0.29, 0.717) is 18.2 Å². The summed E-state index contributed by atoms with van der Waals surface area (Å²) >= 11 is 1.64. The third-order valence-electron chi connectivity index (χ3n) is 5.31. The van der Waals surface area contributed by atoms with Gasteiger partial charge in [0.1, 0.15) is 10.7 Å². The molecular formula is C17H23N3O3S2. The van der Waals surface area contributed by atoms with E-state index in [1.165, 1.54) is 10.4 Å². The Balaban J connectivity index is 1.64. The molecule has 0 radical (unpaired) electrons. The molecule has 136 valence electrons. The predicted octanol–water partition coefficient (Wildman–Crippen LogP) is 1.95. The largest absolute Gasteiger partial charge is 0.309 e. The summed E-state index contributed by atoms with van der Waals surface area (Å²) in [4.78, 5) is 22.4. The fraction of sp³-hybridized carbons (Fsp3) is 0.647. The van der Waals surface area contributed by atoms with Crippen LogP contribution in [-0.4, -0.2) is 35.9 Å². The van der Waals surface area contributed by atoms with E-state index in [1.807, 2.05) is 6.92 Å². The monoisotopic (exact) mass is 381 g/mol. The Morgan fingerprint density at radius 1 is 1.36 bits per heavy atom. The average Bonchev–Trinajstić information content (AvgIpc) is 3.06. The molecule has 0 unspecified atom stereocenters. The molecule has 0 spiro atoms. The van der Waals surface area contributed by atoms with Gasteiger partial charge in [0, 0.05) is 10.9 Å². The van der Waals surface area contributed by atoms with Crippen molar-refractivity contribution in [2.75, 3.05) is 11.5 Å². The fourth-order valence-corrected chi connectivity index (χ4v) is 7.01. The van der Waals surface area contributed by atoms with Gasteiger partial charge >= 0.3 is 0 Å². The second kappa shape index (κ2) is 6.17. The third kappa shape index (κ3) is 3.27. The number of hydrogen-bond acceptors (Lipinski definition) is 6. The normalized spacial score (nSPS) is 26.6. The summed E-state index contributed by atoms with van der Waals surface area (Å²) in [6.45, 7) is 4.17. The summed E-state index contributed by atoms with van der Waals surface area (Å²) < 4.78 is 23.2. The summed E-state index contributed by atoms with van der Waals surface area (Å²) in [5.41, 5.74) is 1.11. The lowest BCUT2D eigenvalue weighted by molar-refractivity contribution is 0.469. The standard InChI is InChI=1S/C17H23N3O3S2/c1-9-3-4-12-13(7-9)24-17-14(12)16(21)19-15(20-17)10(2)18-11-5-6-25(22,23)8-11/h9-11,18H,3-8H2,1-2H3,(H,19,20,21)/t9-,10-,11-/m1/s1. The van der Waals surface area contributed by atoms with Crippen molar-refractivity contribution < 1.29 is 8.42 Å². The molecule has 0 saturated carbocycles. The molecule has 0 amide bonds. The van der Waals surface area contributed by atoms with Gasteiger partial charge in [0.25, 0.3) is 5.56 Å². The number of thiophene rings is 1. The zero-order valence-electron chi connectivity index (χ0n) is 14.5. The molecule has 6 nitrogen and oxygen atoms in total. The van der Waals surface area contributed by atoms with Crippen LogP contribution in [0.3, 0.4) is 0 Å². The summed E-state index contributed by atoms with van der Waals surface area (Å²) in [5.74, 6) is 1.64. The Bertz CT molecular complexity index is 977. The van der Waals surface area contributed by atoms with E-state index in [-0.39, 0.29) is 29.1 Å². The Kier molecular flexibility index (Phi) is 4.24. The molecule has 3 heterocycles. The van der Waals surface area contributed by atoms with Crippen LogP contribution < -0.4 is 10.9 Å². The number of fused-ring (bicyclic) bond motifs is 3. The van der Waals surface area contributed by atoms with E-state index >= 15 is 0 Å². The van der Waals surface area contributed by atoms with Crippen LogP contribution in [0.4, 0.5) is 0 Å². The number of rotatable bonds is 3. The highest BCUT2D eigenvalue weighted by molar-refractivity contribution is 7.91. The van der Waals surface area contributed by atoms with E-state index in [0.717, 1.165) is 29.5 Å². The van der Waals surface area contributed by atoms with Crippen molar-refractivity contribution in [1.82, 2.24) is 15.3 Å². The van der Waals surface area contributed by atoms with E-state index in [1.54, 1.807) is 11.3 Å². The highest BCUT2D eigenvalue weighted by atomic mass is 32.2. The Hall–Kier alpha value is -1.25.